The van der Waals surface area contributed by atoms with Gasteiger partial charge < -0.3 is 20.5 Å². The molecule has 1 rings (SSSR count). The largest absolute Gasteiger partial charge is 0.390 e. The number of aliphatic hydroxyl groups is 1. The molecule has 0 radical (unpaired) electrons. The Morgan fingerprint density at radius 2 is 2.00 bits per heavy atom. The monoisotopic (exact) mass is 258 g/mol. The molecule has 1 aromatic rings. The molecule has 0 aliphatic heterocycles. The number of hydrogen-bond donors (Lipinski definition) is 3. The van der Waals surface area contributed by atoms with Crippen molar-refractivity contribution >= 4 is 17.3 Å². The summed E-state index contributed by atoms with van der Waals surface area (Å²) in [4.78, 5) is 0. The smallest absolute Gasteiger partial charge is 0.0836 e. The third kappa shape index (κ3) is 6.48. The van der Waals surface area contributed by atoms with Crippen LogP contribution in [0.25, 0.3) is 0 Å². The number of ether oxygens (including phenoxy) is 1. The van der Waals surface area contributed by atoms with Crippen molar-refractivity contribution in [2.24, 2.45) is 0 Å². The first kappa shape index (κ1) is 14.3. The van der Waals surface area contributed by atoms with Gasteiger partial charge in [-0.3, -0.25) is 0 Å². The standard InChI is InChI=1S/C12H19ClN2O2/c1-17-7-6-14-8-12(16)9-15-11-4-2-10(13)3-5-11/h2-5,12,14-16H,6-9H2,1H3. The van der Waals surface area contributed by atoms with Crippen molar-refractivity contribution in [2.75, 3.05) is 38.7 Å². The Bertz CT molecular complexity index is 306. The maximum atomic E-state index is 9.67. The number of methoxy groups -OCH3 is 1. The second-order valence-corrected chi connectivity index (χ2v) is 4.17. The zero-order valence-corrected chi connectivity index (χ0v) is 10.7. The van der Waals surface area contributed by atoms with E-state index in [1.807, 2.05) is 24.3 Å². The van der Waals surface area contributed by atoms with Crippen molar-refractivity contribution in [3.8, 4) is 0 Å². The third-order valence-electron chi connectivity index (χ3n) is 2.25. The van der Waals surface area contributed by atoms with Gasteiger partial charge in [-0.05, 0) is 24.3 Å². The molecular weight excluding hydrogens is 240 g/mol. The van der Waals surface area contributed by atoms with Gasteiger partial charge in [-0.15, -0.1) is 0 Å². The lowest BCUT2D eigenvalue weighted by atomic mass is 10.3. The Kier molecular flexibility index (Phi) is 6.96. The molecule has 4 nitrogen and oxygen atoms in total. The number of rotatable bonds is 8. The molecule has 3 N–H and O–H groups in total. The van der Waals surface area contributed by atoms with Gasteiger partial charge >= 0.3 is 0 Å². The summed E-state index contributed by atoms with van der Waals surface area (Å²) in [7, 11) is 1.65. The second-order valence-electron chi connectivity index (χ2n) is 3.74. The van der Waals surface area contributed by atoms with Crippen molar-refractivity contribution < 1.29 is 9.84 Å². The minimum absolute atomic E-state index is 0.428. The second kappa shape index (κ2) is 8.31. The molecule has 5 heteroatoms. The molecule has 0 aliphatic carbocycles. The maximum absolute atomic E-state index is 9.67. The Labute approximate surface area is 107 Å². The van der Waals surface area contributed by atoms with Gasteiger partial charge in [-0.1, -0.05) is 11.6 Å². The van der Waals surface area contributed by atoms with E-state index >= 15 is 0 Å². The van der Waals surface area contributed by atoms with Crippen LogP contribution < -0.4 is 10.6 Å². The summed E-state index contributed by atoms with van der Waals surface area (Å²) in [6.45, 7) is 2.44. The van der Waals surface area contributed by atoms with Crippen LogP contribution in [-0.4, -0.2) is 44.6 Å². The van der Waals surface area contributed by atoms with Gasteiger partial charge in [0.15, 0.2) is 0 Å². The van der Waals surface area contributed by atoms with Gasteiger partial charge in [0, 0.05) is 37.5 Å². The topological polar surface area (TPSA) is 53.5 Å². The van der Waals surface area contributed by atoms with E-state index in [-0.39, 0.29) is 0 Å². The van der Waals surface area contributed by atoms with Crippen molar-refractivity contribution in [1.29, 1.82) is 0 Å². The predicted octanol–water partition coefficient (Wildman–Crippen LogP) is 1.35. The fraction of sp³-hybridized carbons (Fsp3) is 0.500. The summed E-state index contributed by atoms with van der Waals surface area (Å²) in [5.74, 6) is 0. The van der Waals surface area contributed by atoms with E-state index in [2.05, 4.69) is 10.6 Å². The molecule has 96 valence electrons. The molecule has 0 amide bonds. The number of aliphatic hydroxyl groups excluding tert-OH is 1. The first-order valence-electron chi connectivity index (χ1n) is 5.59. The molecule has 0 fully saturated rings. The molecular formula is C12H19ClN2O2. The average molecular weight is 259 g/mol. The van der Waals surface area contributed by atoms with Crippen LogP contribution in [0.4, 0.5) is 5.69 Å². The lowest BCUT2D eigenvalue weighted by Gasteiger charge is -2.13. The quantitative estimate of drug-likeness (QED) is 0.616. The van der Waals surface area contributed by atoms with Crippen molar-refractivity contribution in [3.63, 3.8) is 0 Å². The number of hydrogen-bond acceptors (Lipinski definition) is 4. The van der Waals surface area contributed by atoms with E-state index in [9.17, 15) is 5.11 Å². The Morgan fingerprint density at radius 3 is 2.65 bits per heavy atom. The van der Waals surface area contributed by atoms with E-state index in [1.165, 1.54) is 0 Å². The van der Waals surface area contributed by atoms with Crippen LogP contribution in [0.5, 0.6) is 0 Å². The first-order chi connectivity index (χ1) is 8.22. The summed E-state index contributed by atoms with van der Waals surface area (Å²) in [6, 6.07) is 7.39. The van der Waals surface area contributed by atoms with Gasteiger partial charge in [0.25, 0.3) is 0 Å². The van der Waals surface area contributed by atoms with Crippen LogP contribution in [-0.2, 0) is 4.74 Å². The number of anilines is 1. The van der Waals surface area contributed by atoms with E-state index in [1.54, 1.807) is 7.11 Å². The van der Waals surface area contributed by atoms with Crippen molar-refractivity contribution in [3.05, 3.63) is 29.3 Å². The van der Waals surface area contributed by atoms with Gasteiger partial charge in [-0.2, -0.15) is 0 Å². The molecule has 0 aromatic heterocycles. The molecule has 0 saturated heterocycles. The number of benzene rings is 1. The molecule has 1 unspecified atom stereocenters. The highest BCUT2D eigenvalue weighted by Crippen LogP contribution is 2.12. The van der Waals surface area contributed by atoms with Crippen LogP contribution in [0.3, 0.4) is 0 Å². The van der Waals surface area contributed by atoms with Crippen LogP contribution in [0, 0.1) is 0 Å². The highest BCUT2D eigenvalue weighted by Gasteiger charge is 2.02. The van der Waals surface area contributed by atoms with Crippen molar-refractivity contribution in [1.82, 2.24) is 5.32 Å². The normalized spacial score (nSPS) is 12.4. The highest BCUT2D eigenvalue weighted by atomic mass is 35.5. The zero-order chi connectivity index (χ0) is 12.5. The van der Waals surface area contributed by atoms with Crippen LogP contribution >= 0.6 is 11.6 Å². The lowest BCUT2D eigenvalue weighted by Crippen LogP contribution is -2.33. The minimum Gasteiger partial charge on any atom is -0.390 e. The molecule has 0 spiro atoms. The summed E-state index contributed by atoms with van der Waals surface area (Å²) < 4.78 is 4.89. The van der Waals surface area contributed by atoms with Gasteiger partial charge in [0.05, 0.1) is 12.7 Å². The third-order valence-corrected chi connectivity index (χ3v) is 2.50. The average Bonchev–Trinajstić information content (AvgIpc) is 2.34. The molecule has 17 heavy (non-hydrogen) atoms. The SMILES string of the molecule is COCCNCC(O)CNc1ccc(Cl)cc1. The number of nitrogens with one attached hydrogen (secondary N) is 2. The van der Waals surface area contributed by atoms with Crippen LogP contribution in [0.2, 0.25) is 5.02 Å². The van der Waals surface area contributed by atoms with E-state index in [0.717, 1.165) is 12.2 Å². The van der Waals surface area contributed by atoms with Gasteiger partial charge in [0.1, 0.15) is 0 Å². The molecule has 0 bridgehead atoms. The maximum Gasteiger partial charge on any atom is 0.0836 e. The van der Waals surface area contributed by atoms with E-state index in [0.29, 0.717) is 24.7 Å². The van der Waals surface area contributed by atoms with Crippen molar-refractivity contribution in [2.45, 2.75) is 6.10 Å². The predicted molar refractivity (Wildman–Crippen MR) is 70.7 cm³/mol. The van der Waals surface area contributed by atoms with Crippen LogP contribution in [0.1, 0.15) is 0 Å². The summed E-state index contributed by atoms with van der Waals surface area (Å²) in [5.41, 5.74) is 0.949. The zero-order valence-electron chi connectivity index (χ0n) is 9.95. The molecule has 0 saturated carbocycles. The Morgan fingerprint density at radius 1 is 1.29 bits per heavy atom. The number of halogens is 1. The lowest BCUT2D eigenvalue weighted by molar-refractivity contribution is 0.168. The Hall–Kier alpha value is -0.810. The fourth-order valence-corrected chi connectivity index (χ4v) is 1.44. The first-order valence-corrected chi connectivity index (χ1v) is 5.97. The fourth-order valence-electron chi connectivity index (χ4n) is 1.32. The highest BCUT2D eigenvalue weighted by molar-refractivity contribution is 6.30. The minimum atomic E-state index is -0.428. The Balaban J connectivity index is 2.14. The van der Waals surface area contributed by atoms with Crippen LogP contribution in [0.15, 0.2) is 24.3 Å². The van der Waals surface area contributed by atoms with E-state index in [4.69, 9.17) is 16.3 Å². The molecule has 1 aromatic carbocycles. The van der Waals surface area contributed by atoms with E-state index < -0.39 is 6.10 Å². The molecule has 0 aliphatic rings. The molecule has 1 atom stereocenters. The molecule has 0 heterocycles. The van der Waals surface area contributed by atoms with Gasteiger partial charge in [0.2, 0.25) is 0 Å². The summed E-state index contributed by atoms with van der Waals surface area (Å²) in [5, 5.41) is 16.6. The van der Waals surface area contributed by atoms with Gasteiger partial charge in [-0.25, -0.2) is 0 Å². The summed E-state index contributed by atoms with van der Waals surface area (Å²) in [6.07, 6.45) is -0.428. The summed E-state index contributed by atoms with van der Waals surface area (Å²) >= 11 is 5.77.